The van der Waals surface area contributed by atoms with Crippen molar-refractivity contribution in [3.63, 3.8) is 0 Å². The Morgan fingerprint density at radius 3 is 2.66 bits per heavy atom. The average molecular weight is 393 g/mol. The summed E-state index contributed by atoms with van der Waals surface area (Å²) >= 11 is 0. The number of benzene rings is 2. The van der Waals surface area contributed by atoms with E-state index in [4.69, 9.17) is 11.7 Å². The van der Waals surface area contributed by atoms with Crippen LogP contribution in [0.15, 0.2) is 60.2 Å². The number of hydrazine groups is 1. The number of fused-ring (bicyclic) bond motifs is 1. The molecular formula is C23H32N6. The van der Waals surface area contributed by atoms with E-state index in [0.717, 1.165) is 42.9 Å². The van der Waals surface area contributed by atoms with Crippen LogP contribution in [0.2, 0.25) is 0 Å². The van der Waals surface area contributed by atoms with Crippen LogP contribution < -0.4 is 27.3 Å². The van der Waals surface area contributed by atoms with Gasteiger partial charge in [-0.05, 0) is 36.1 Å². The van der Waals surface area contributed by atoms with Crippen LogP contribution in [0, 0.1) is 5.92 Å². The maximum absolute atomic E-state index is 5.69. The summed E-state index contributed by atoms with van der Waals surface area (Å²) in [7, 11) is 0. The first kappa shape index (κ1) is 20.7. The molecule has 0 aromatic heterocycles. The lowest BCUT2D eigenvalue weighted by molar-refractivity contribution is 0.573. The highest BCUT2D eigenvalue weighted by Crippen LogP contribution is 2.36. The zero-order valence-corrected chi connectivity index (χ0v) is 17.2. The zero-order chi connectivity index (χ0) is 20.6. The van der Waals surface area contributed by atoms with Gasteiger partial charge in [0.05, 0.1) is 0 Å². The highest BCUT2D eigenvalue weighted by atomic mass is 15.3. The Kier molecular flexibility index (Phi) is 7.14. The highest BCUT2D eigenvalue weighted by molar-refractivity contribution is 5.87. The minimum absolute atomic E-state index is 0.118. The molecule has 6 nitrogen and oxygen atoms in total. The van der Waals surface area contributed by atoms with Gasteiger partial charge < -0.3 is 21.5 Å². The van der Waals surface area contributed by atoms with Crippen molar-refractivity contribution in [1.82, 2.24) is 5.43 Å². The Morgan fingerprint density at radius 1 is 1.17 bits per heavy atom. The fourth-order valence-corrected chi connectivity index (χ4v) is 3.96. The van der Waals surface area contributed by atoms with Crippen molar-refractivity contribution in [2.24, 2.45) is 22.7 Å². The van der Waals surface area contributed by atoms with Gasteiger partial charge in [0.2, 0.25) is 0 Å². The Hall–Kier alpha value is -2.99. The van der Waals surface area contributed by atoms with Gasteiger partial charge in [-0.2, -0.15) is 5.10 Å². The van der Waals surface area contributed by atoms with E-state index in [-0.39, 0.29) is 5.92 Å². The van der Waals surface area contributed by atoms with E-state index in [1.165, 1.54) is 24.1 Å². The topological polar surface area (TPSA) is 91.7 Å². The molecule has 6 N–H and O–H groups in total. The van der Waals surface area contributed by atoms with Crippen molar-refractivity contribution in [3.8, 4) is 0 Å². The largest absolute Gasteiger partial charge is 0.371 e. The molecule has 1 unspecified atom stereocenters. The number of amidine groups is 1. The van der Waals surface area contributed by atoms with Crippen molar-refractivity contribution in [2.75, 3.05) is 23.3 Å². The summed E-state index contributed by atoms with van der Waals surface area (Å²) in [6.45, 7) is 8.31. The van der Waals surface area contributed by atoms with Gasteiger partial charge in [0.25, 0.3) is 0 Å². The molecule has 0 radical (unpaired) electrons. The molecule has 6 heteroatoms. The molecule has 3 rings (SSSR count). The first-order valence-electron chi connectivity index (χ1n) is 10.3. The number of nitrogens with two attached hydrogens (primary N) is 2. The second kappa shape index (κ2) is 9.98. The van der Waals surface area contributed by atoms with Gasteiger partial charge >= 0.3 is 0 Å². The van der Waals surface area contributed by atoms with Crippen molar-refractivity contribution in [1.29, 1.82) is 0 Å². The molecule has 0 saturated heterocycles. The summed E-state index contributed by atoms with van der Waals surface area (Å²) in [6, 6.07) is 16.6. The van der Waals surface area contributed by atoms with Crippen molar-refractivity contribution in [3.05, 3.63) is 66.2 Å². The molecule has 1 aliphatic rings. The number of nitrogens with one attached hydrogen (secondary N) is 2. The van der Waals surface area contributed by atoms with E-state index in [9.17, 15) is 0 Å². The van der Waals surface area contributed by atoms with E-state index in [1.54, 1.807) is 0 Å². The second-order valence-corrected chi connectivity index (χ2v) is 7.49. The number of anilines is 2. The van der Waals surface area contributed by atoms with Crippen molar-refractivity contribution < 1.29 is 0 Å². The van der Waals surface area contributed by atoms with Crippen molar-refractivity contribution in [2.45, 2.75) is 32.6 Å². The molecule has 0 saturated carbocycles. The van der Waals surface area contributed by atoms with Gasteiger partial charge in [-0.3, -0.25) is 0 Å². The Bertz CT molecular complexity index is 846. The number of hydrazone groups is 1. The molecule has 1 heterocycles. The van der Waals surface area contributed by atoms with Crippen LogP contribution >= 0.6 is 0 Å². The number of hydrogen-bond acceptors (Lipinski definition) is 5. The summed E-state index contributed by atoms with van der Waals surface area (Å²) in [6.07, 6.45) is 4.38. The summed E-state index contributed by atoms with van der Waals surface area (Å²) in [4.78, 5) is 2.43. The van der Waals surface area contributed by atoms with Gasteiger partial charge in [-0.1, -0.05) is 62.7 Å². The van der Waals surface area contributed by atoms with Gasteiger partial charge in [-0.15, -0.1) is 0 Å². The lowest BCUT2D eigenvalue weighted by Gasteiger charge is -2.37. The molecule has 29 heavy (non-hydrogen) atoms. The number of unbranched alkanes of at least 4 members (excludes halogenated alkanes) is 2. The van der Waals surface area contributed by atoms with Gasteiger partial charge in [-0.25, -0.2) is 5.84 Å². The molecule has 154 valence electrons. The van der Waals surface area contributed by atoms with Crippen LogP contribution in [0.4, 0.5) is 11.4 Å². The fraction of sp³-hybridized carbons (Fsp3) is 0.348. The average Bonchev–Trinajstić information content (AvgIpc) is 2.76. The normalized spacial score (nSPS) is 16.3. The predicted octanol–water partition coefficient (Wildman–Crippen LogP) is 3.67. The Balaban J connectivity index is 1.91. The molecular weight excluding hydrogens is 360 g/mol. The van der Waals surface area contributed by atoms with Gasteiger partial charge in [0.15, 0.2) is 0 Å². The van der Waals surface area contributed by atoms with E-state index in [2.05, 4.69) is 64.6 Å². The molecule has 0 aliphatic carbocycles. The van der Waals surface area contributed by atoms with Gasteiger partial charge in [0.1, 0.15) is 5.84 Å². The van der Waals surface area contributed by atoms with Crippen molar-refractivity contribution >= 4 is 22.9 Å². The summed E-state index contributed by atoms with van der Waals surface area (Å²) < 4.78 is 0. The van der Waals surface area contributed by atoms with Gasteiger partial charge in [0, 0.05) is 36.1 Å². The lowest BCUT2D eigenvalue weighted by atomic mass is 9.90. The first-order valence-corrected chi connectivity index (χ1v) is 10.3. The lowest BCUT2D eigenvalue weighted by Crippen LogP contribution is -2.46. The third kappa shape index (κ3) is 4.90. The number of nitrogens with zero attached hydrogens (tertiary/aromatic N) is 2. The molecule has 2 aromatic carbocycles. The smallest absolute Gasteiger partial charge is 0.141 e. The van der Waals surface area contributed by atoms with E-state index < -0.39 is 0 Å². The van der Waals surface area contributed by atoms with E-state index in [0.29, 0.717) is 5.84 Å². The van der Waals surface area contributed by atoms with Crippen LogP contribution in [-0.2, 0) is 6.42 Å². The van der Waals surface area contributed by atoms with Crippen LogP contribution in [0.1, 0.15) is 37.3 Å². The van der Waals surface area contributed by atoms with Crippen LogP contribution in [0.25, 0.3) is 5.70 Å². The molecule has 0 fully saturated rings. The van der Waals surface area contributed by atoms with Crippen LogP contribution in [-0.4, -0.2) is 18.9 Å². The minimum Gasteiger partial charge on any atom is -0.371 e. The fourth-order valence-electron chi connectivity index (χ4n) is 3.96. The molecule has 0 amide bonds. The SMILES string of the molecule is C=C(Nc1cccc2c1CC(/C(=N/N)NN)CN2CCCCC)c1ccccc1. The summed E-state index contributed by atoms with van der Waals surface area (Å²) in [5, 5.41) is 7.41. The maximum atomic E-state index is 5.69. The zero-order valence-electron chi connectivity index (χ0n) is 17.2. The molecule has 0 spiro atoms. The van der Waals surface area contributed by atoms with Crippen LogP contribution in [0.3, 0.4) is 0 Å². The molecule has 1 aliphatic heterocycles. The Labute approximate surface area is 173 Å². The monoisotopic (exact) mass is 392 g/mol. The third-order valence-corrected chi connectivity index (χ3v) is 5.50. The summed E-state index contributed by atoms with van der Waals surface area (Å²) in [5.74, 6) is 12.0. The third-order valence-electron chi connectivity index (χ3n) is 5.50. The maximum Gasteiger partial charge on any atom is 0.141 e. The Morgan fingerprint density at radius 2 is 1.97 bits per heavy atom. The highest BCUT2D eigenvalue weighted by Gasteiger charge is 2.29. The first-order chi connectivity index (χ1) is 14.2. The summed E-state index contributed by atoms with van der Waals surface area (Å²) in [5.41, 5.74) is 8.21. The van der Waals surface area contributed by atoms with Crippen LogP contribution in [0.5, 0.6) is 0 Å². The molecule has 2 aromatic rings. The van der Waals surface area contributed by atoms with E-state index in [1.807, 2.05) is 18.2 Å². The minimum atomic E-state index is 0.118. The van der Waals surface area contributed by atoms with E-state index >= 15 is 0 Å². The molecule has 0 bridgehead atoms. The molecule has 1 atom stereocenters. The second-order valence-electron chi connectivity index (χ2n) is 7.49. The standard InChI is InChI=1S/C23H32N6/c1-3-4-8-14-29-16-19(23(27-24)28-25)15-20-21(12-9-13-22(20)29)26-17(2)18-10-6-5-7-11-18/h5-7,9-13,19,26H,2-4,8,14-16,24-25H2,1H3,(H,27,28). The number of hydrogen-bond donors (Lipinski definition) is 4. The quantitative estimate of drug-likeness (QED) is 0.181. The number of rotatable bonds is 8. The predicted molar refractivity (Wildman–Crippen MR) is 123 cm³/mol.